The molecule has 214 valence electrons. The summed E-state index contributed by atoms with van der Waals surface area (Å²) < 4.78 is 0. The van der Waals surface area contributed by atoms with Crippen molar-refractivity contribution >= 4 is 21.8 Å². The minimum Gasteiger partial charge on any atom is -0.250 e. The third-order valence-electron chi connectivity index (χ3n) is 10.6. The zero-order valence-electron chi connectivity index (χ0n) is 25.4. The van der Waals surface area contributed by atoms with Crippen LogP contribution in [0.15, 0.2) is 84.9 Å². The Labute approximate surface area is 251 Å². The van der Waals surface area contributed by atoms with Gasteiger partial charge in [0, 0.05) is 34.0 Å². The molecule has 2 unspecified atom stereocenters. The van der Waals surface area contributed by atoms with Gasteiger partial charge in [-0.3, -0.25) is 9.97 Å². The highest BCUT2D eigenvalue weighted by Gasteiger charge is 2.26. The van der Waals surface area contributed by atoms with E-state index in [0.717, 1.165) is 11.0 Å². The summed E-state index contributed by atoms with van der Waals surface area (Å²) in [4.78, 5) is 11.1. The second-order valence-corrected chi connectivity index (χ2v) is 13.2. The lowest BCUT2D eigenvalue weighted by Gasteiger charge is -2.28. The molecule has 0 radical (unpaired) electrons. The number of rotatable bonds is 6. The zero-order chi connectivity index (χ0) is 28.5. The molecule has 2 aliphatic carbocycles. The van der Waals surface area contributed by atoms with Crippen LogP contribution in [0.25, 0.3) is 44.1 Å². The van der Waals surface area contributed by atoms with Crippen molar-refractivity contribution in [1.82, 2.24) is 9.97 Å². The van der Waals surface area contributed by atoms with E-state index in [2.05, 4.69) is 98.8 Å². The predicted molar refractivity (Wildman–Crippen MR) is 178 cm³/mol. The third-order valence-corrected chi connectivity index (χ3v) is 10.6. The van der Waals surface area contributed by atoms with Gasteiger partial charge < -0.3 is 0 Å². The first-order valence-corrected chi connectivity index (χ1v) is 16.6. The van der Waals surface area contributed by atoms with Gasteiger partial charge in [0.15, 0.2) is 0 Å². The van der Waals surface area contributed by atoms with Crippen LogP contribution in [0, 0.1) is 11.8 Å². The van der Waals surface area contributed by atoms with Gasteiger partial charge in [0.2, 0.25) is 0 Å². The summed E-state index contributed by atoms with van der Waals surface area (Å²) >= 11 is 0. The molecule has 2 nitrogen and oxygen atoms in total. The molecule has 3 aromatic carbocycles. The molecule has 2 fully saturated rings. The average molecular weight is 553 g/mol. The summed E-state index contributed by atoms with van der Waals surface area (Å²) in [6.07, 6.45) is 13.4. The summed E-state index contributed by atoms with van der Waals surface area (Å²) in [5.41, 5.74) is 9.70. The highest BCUT2D eigenvalue weighted by atomic mass is 14.8. The second-order valence-electron chi connectivity index (χ2n) is 13.2. The van der Waals surface area contributed by atoms with E-state index in [0.29, 0.717) is 23.7 Å². The fourth-order valence-electron chi connectivity index (χ4n) is 7.95. The van der Waals surface area contributed by atoms with Gasteiger partial charge in [-0.05, 0) is 71.9 Å². The minimum absolute atomic E-state index is 0.436. The highest BCUT2D eigenvalue weighted by molar-refractivity contribution is 6.12. The van der Waals surface area contributed by atoms with E-state index >= 15 is 0 Å². The van der Waals surface area contributed by atoms with Gasteiger partial charge in [0.05, 0.1) is 11.0 Å². The first kappa shape index (κ1) is 27.3. The molecule has 5 aromatic rings. The lowest BCUT2D eigenvalue weighted by molar-refractivity contribution is 0.313. The Bertz CT molecular complexity index is 1530. The monoisotopic (exact) mass is 552 g/mol. The Morgan fingerprint density at radius 3 is 1.26 bits per heavy atom. The van der Waals surface area contributed by atoms with Crippen LogP contribution < -0.4 is 0 Å². The molecule has 0 bridgehead atoms. The van der Waals surface area contributed by atoms with Crippen LogP contribution in [0.3, 0.4) is 0 Å². The van der Waals surface area contributed by atoms with Crippen LogP contribution in [0.5, 0.6) is 0 Å². The van der Waals surface area contributed by atoms with Crippen molar-refractivity contribution in [2.24, 2.45) is 11.8 Å². The predicted octanol–water partition coefficient (Wildman–Crippen LogP) is 11.5. The highest BCUT2D eigenvalue weighted by Crippen LogP contribution is 2.42. The maximum Gasteiger partial charge on any atom is 0.0974 e. The van der Waals surface area contributed by atoms with E-state index in [-0.39, 0.29) is 0 Å². The molecule has 0 spiro atoms. The van der Waals surface area contributed by atoms with Gasteiger partial charge in [-0.25, -0.2) is 0 Å². The fourth-order valence-corrected chi connectivity index (χ4v) is 7.95. The number of benzene rings is 3. The van der Waals surface area contributed by atoms with Gasteiger partial charge in [0.1, 0.15) is 0 Å². The molecule has 2 heterocycles. The summed E-state index contributed by atoms with van der Waals surface area (Å²) in [6.45, 7) is 4.84. The number of pyridine rings is 2. The fraction of sp³-hybridized carbons (Fsp3) is 0.400. The number of hydrogen-bond donors (Lipinski definition) is 0. The molecule has 0 N–H and O–H groups in total. The summed E-state index contributed by atoms with van der Waals surface area (Å²) in [5, 5.41) is 2.42. The molecule has 42 heavy (non-hydrogen) atoms. The van der Waals surface area contributed by atoms with Crippen molar-refractivity contribution in [2.45, 2.75) is 89.9 Å². The molecule has 0 saturated heterocycles. The molecule has 0 aliphatic heterocycles. The van der Waals surface area contributed by atoms with Gasteiger partial charge >= 0.3 is 0 Å². The molecule has 2 aromatic heterocycles. The van der Waals surface area contributed by atoms with E-state index in [1.54, 1.807) is 0 Å². The average Bonchev–Trinajstić information content (AvgIpc) is 3.08. The number of nitrogens with zero attached hydrogens (tertiary/aromatic N) is 2. The van der Waals surface area contributed by atoms with Gasteiger partial charge in [-0.1, -0.05) is 125 Å². The van der Waals surface area contributed by atoms with Crippen LogP contribution in [0.2, 0.25) is 0 Å². The summed E-state index contributed by atoms with van der Waals surface area (Å²) in [5.74, 6) is 2.28. The maximum absolute atomic E-state index is 5.55. The van der Waals surface area contributed by atoms with Crippen LogP contribution in [-0.4, -0.2) is 9.97 Å². The largest absolute Gasteiger partial charge is 0.250 e. The molecule has 2 saturated carbocycles. The quantitative estimate of drug-likeness (QED) is 0.196. The van der Waals surface area contributed by atoms with Crippen LogP contribution in [0.1, 0.15) is 101 Å². The smallest absolute Gasteiger partial charge is 0.0974 e. The number of aromatic nitrogens is 2. The molecular formula is C40H44N2. The summed E-state index contributed by atoms with van der Waals surface area (Å²) in [7, 11) is 0. The van der Waals surface area contributed by atoms with E-state index in [1.165, 1.54) is 109 Å². The Morgan fingerprint density at radius 1 is 0.500 bits per heavy atom. The van der Waals surface area contributed by atoms with Gasteiger partial charge in [-0.2, -0.15) is 0 Å². The SMILES string of the molecule is CC(c1cc(-c2ccccc2)c2ccc3c(-c4ccccc4)cc(C(C)C4CCCCC4)nc3c2n1)C1CCCCC1. The van der Waals surface area contributed by atoms with E-state index in [1.807, 2.05) is 0 Å². The van der Waals surface area contributed by atoms with Gasteiger partial charge in [0.25, 0.3) is 0 Å². The van der Waals surface area contributed by atoms with Gasteiger partial charge in [-0.15, -0.1) is 0 Å². The van der Waals surface area contributed by atoms with Crippen molar-refractivity contribution in [3.05, 3.63) is 96.3 Å². The van der Waals surface area contributed by atoms with Crippen molar-refractivity contribution in [3.63, 3.8) is 0 Å². The summed E-state index contributed by atoms with van der Waals surface area (Å²) in [6, 6.07) is 31.2. The first-order valence-electron chi connectivity index (χ1n) is 16.6. The minimum atomic E-state index is 0.436. The van der Waals surface area contributed by atoms with Crippen molar-refractivity contribution < 1.29 is 0 Å². The number of fused-ring (bicyclic) bond motifs is 3. The number of hydrogen-bond acceptors (Lipinski definition) is 2. The van der Waals surface area contributed by atoms with Crippen LogP contribution >= 0.6 is 0 Å². The van der Waals surface area contributed by atoms with E-state index in [9.17, 15) is 0 Å². The van der Waals surface area contributed by atoms with Crippen molar-refractivity contribution in [1.29, 1.82) is 0 Å². The Morgan fingerprint density at radius 2 is 0.881 bits per heavy atom. The van der Waals surface area contributed by atoms with Crippen LogP contribution in [-0.2, 0) is 0 Å². The standard InChI is InChI=1S/C40H44N2/c1-27(29-15-7-3-8-16-29)37-25-35(31-19-11-5-12-20-31)33-23-24-34-36(32-21-13-6-14-22-32)26-38(42-40(34)39(33)41-37)28(2)30-17-9-4-10-18-30/h5-6,11-14,19-30H,3-4,7-10,15-18H2,1-2H3. The van der Waals surface area contributed by atoms with Crippen molar-refractivity contribution in [3.8, 4) is 22.3 Å². The van der Waals surface area contributed by atoms with E-state index in [4.69, 9.17) is 9.97 Å². The second kappa shape index (κ2) is 12.0. The third kappa shape index (κ3) is 5.26. The zero-order valence-corrected chi connectivity index (χ0v) is 25.4. The van der Waals surface area contributed by atoms with Crippen molar-refractivity contribution in [2.75, 3.05) is 0 Å². The Balaban J connectivity index is 1.49. The Kier molecular flexibility index (Phi) is 7.80. The normalized spacial score (nSPS) is 18.3. The molecule has 2 aliphatic rings. The lowest BCUT2D eigenvalue weighted by atomic mass is 9.78. The van der Waals surface area contributed by atoms with E-state index < -0.39 is 0 Å². The lowest BCUT2D eigenvalue weighted by Crippen LogP contribution is -2.16. The molecule has 2 atom stereocenters. The first-order chi connectivity index (χ1) is 20.7. The topological polar surface area (TPSA) is 25.8 Å². The molecule has 0 amide bonds. The molecule has 2 heteroatoms. The molecular weight excluding hydrogens is 508 g/mol. The maximum atomic E-state index is 5.55. The van der Waals surface area contributed by atoms with Crippen LogP contribution in [0.4, 0.5) is 0 Å². The Hall–Kier alpha value is -3.52. The molecule has 7 rings (SSSR count).